The predicted molar refractivity (Wildman–Crippen MR) is 60.5 cm³/mol. The average Bonchev–Trinajstić information content (AvgIpc) is 2.27. The third-order valence-electron chi connectivity index (χ3n) is 2.85. The average molecular weight is 213 g/mol. The van der Waals surface area contributed by atoms with E-state index in [1.54, 1.807) is 0 Å². The molecule has 0 radical (unpaired) electrons. The van der Waals surface area contributed by atoms with E-state index in [-0.39, 0.29) is 5.97 Å². The molecule has 0 bridgehead atoms. The van der Waals surface area contributed by atoms with Crippen LogP contribution in [-0.4, -0.2) is 17.6 Å². The summed E-state index contributed by atoms with van der Waals surface area (Å²) in [6.07, 6.45) is 0.762. The maximum atomic E-state index is 11.5. The van der Waals surface area contributed by atoms with Crippen LogP contribution in [0.15, 0.2) is 24.3 Å². The van der Waals surface area contributed by atoms with Gasteiger partial charge < -0.3 is 4.74 Å². The summed E-state index contributed by atoms with van der Waals surface area (Å²) in [6, 6.07) is 8.07. The third kappa shape index (κ3) is 1.36. The van der Waals surface area contributed by atoms with Gasteiger partial charge in [0.05, 0.1) is 12.1 Å². The second kappa shape index (κ2) is 3.30. The van der Waals surface area contributed by atoms with Gasteiger partial charge >= 0.3 is 5.97 Å². The number of carbonyl (C=O) groups excluding carboxylic acids is 1. The van der Waals surface area contributed by atoms with Crippen LogP contribution in [0.1, 0.15) is 21.6 Å². The normalized spacial score (nSPS) is 14.7. The molecule has 80 valence electrons. The van der Waals surface area contributed by atoms with Crippen molar-refractivity contribution in [2.24, 2.45) is 0 Å². The first-order chi connectivity index (χ1) is 7.74. The molecule has 0 spiro atoms. The molecule has 2 heterocycles. The van der Waals surface area contributed by atoms with Crippen molar-refractivity contribution in [3.63, 3.8) is 0 Å². The van der Waals surface area contributed by atoms with Crippen molar-refractivity contribution < 1.29 is 9.53 Å². The zero-order valence-corrected chi connectivity index (χ0v) is 8.99. The summed E-state index contributed by atoms with van der Waals surface area (Å²) in [5.74, 6) is -0.302. The molecule has 1 aromatic carbocycles. The van der Waals surface area contributed by atoms with Gasteiger partial charge in [-0.3, -0.25) is 0 Å². The Morgan fingerprint density at radius 3 is 3.06 bits per heavy atom. The lowest BCUT2D eigenvalue weighted by Gasteiger charge is -2.15. The van der Waals surface area contributed by atoms with Crippen molar-refractivity contribution in [3.8, 4) is 0 Å². The van der Waals surface area contributed by atoms with E-state index in [4.69, 9.17) is 4.74 Å². The Bertz CT molecular complexity index is 590. The van der Waals surface area contributed by atoms with Gasteiger partial charge in [0.2, 0.25) is 0 Å². The first-order valence-electron chi connectivity index (χ1n) is 5.31. The quantitative estimate of drug-likeness (QED) is 0.630. The predicted octanol–water partition coefficient (Wildman–Crippen LogP) is 2.26. The van der Waals surface area contributed by atoms with Crippen molar-refractivity contribution in [2.45, 2.75) is 13.3 Å². The SMILES string of the molecule is Cc1ccc2nc3c(cc2c1)CCOC3=O. The zero-order valence-electron chi connectivity index (χ0n) is 8.99. The summed E-state index contributed by atoms with van der Waals surface area (Å²) in [4.78, 5) is 15.9. The van der Waals surface area contributed by atoms with E-state index < -0.39 is 0 Å². The van der Waals surface area contributed by atoms with Crippen LogP contribution in [0, 0.1) is 6.92 Å². The largest absolute Gasteiger partial charge is 0.461 e. The Labute approximate surface area is 93.1 Å². The standard InChI is InChI=1S/C13H11NO2/c1-8-2-3-11-10(6-8)7-9-4-5-16-13(15)12(9)14-11/h2-3,6-7H,4-5H2,1H3. The number of aromatic nitrogens is 1. The van der Waals surface area contributed by atoms with Gasteiger partial charge in [-0.25, -0.2) is 9.78 Å². The van der Waals surface area contributed by atoms with Crippen molar-refractivity contribution in [2.75, 3.05) is 6.61 Å². The molecule has 0 atom stereocenters. The molecular formula is C13H11NO2. The number of aryl methyl sites for hydroxylation is 1. The minimum absolute atomic E-state index is 0.302. The number of cyclic esters (lactones) is 1. The number of pyridine rings is 1. The van der Waals surface area contributed by atoms with Crippen LogP contribution in [-0.2, 0) is 11.2 Å². The molecule has 0 amide bonds. The van der Waals surface area contributed by atoms with Crippen molar-refractivity contribution in [3.05, 3.63) is 41.1 Å². The number of benzene rings is 1. The second-order valence-electron chi connectivity index (χ2n) is 4.08. The van der Waals surface area contributed by atoms with E-state index in [0.29, 0.717) is 12.3 Å². The third-order valence-corrected chi connectivity index (χ3v) is 2.85. The van der Waals surface area contributed by atoms with Gasteiger partial charge in [-0.05, 0) is 30.7 Å². The first-order valence-corrected chi connectivity index (χ1v) is 5.31. The fourth-order valence-electron chi connectivity index (χ4n) is 2.03. The summed E-state index contributed by atoms with van der Waals surface area (Å²) < 4.78 is 4.98. The lowest BCUT2D eigenvalue weighted by molar-refractivity contribution is 0.0472. The van der Waals surface area contributed by atoms with Gasteiger partial charge in [0.25, 0.3) is 0 Å². The molecular weight excluding hydrogens is 202 g/mol. The highest BCUT2D eigenvalue weighted by Crippen LogP contribution is 2.21. The van der Waals surface area contributed by atoms with Crippen molar-refractivity contribution in [1.82, 2.24) is 4.98 Å². The number of ether oxygens (including phenoxy) is 1. The number of hydrogen-bond donors (Lipinski definition) is 0. The molecule has 16 heavy (non-hydrogen) atoms. The van der Waals surface area contributed by atoms with Gasteiger partial charge in [0.15, 0.2) is 5.69 Å². The monoisotopic (exact) mass is 213 g/mol. The topological polar surface area (TPSA) is 39.2 Å². The van der Waals surface area contributed by atoms with Crippen LogP contribution < -0.4 is 0 Å². The highest BCUT2D eigenvalue weighted by molar-refractivity contribution is 5.93. The molecule has 0 N–H and O–H groups in total. The maximum Gasteiger partial charge on any atom is 0.357 e. The molecule has 2 aromatic rings. The number of fused-ring (bicyclic) bond motifs is 2. The molecule has 3 heteroatoms. The molecule has 0 fully saturated rings. The number of hydrogen-bond acceptors (Lipinski definition) is 3. The highest BCUT2D eigenvalue weighted by Gasteiger charge is 2.20. The van der Waals surface area contributed by atoms with Crippen LogP contribution in [0.5, 0.6) is 0 Å². The Morgan fingerprint density at radius 2 is 2.19 bits per heavy atom. The van der Waals surface area contributed by atoms with Gasteiger partial charge in [-0.2, -0.15) is 0 Å². The fourth-order valence-corrected chi connectivity index (χ4v) is 2.03. The van der Waals surface area contributed by atoms with Gasteiger partial charge in [0, 0.05) is 11.8 Å². The summed E-state index contributed by atoms with van der Waals surface area (Å²) in [6.45, 7) is 2.51. The Morgan fingerprint density at radius 1 is 1.31 bits per heavy atom. The van der Waals surface area contributed by atoms with Gasteiger partial charge in [-0.1, -0.05) is 11.6 Å². The molecule has 1 aromatic heterocycles. The number of nitrogens with zero attached hydrogens (tertiary/aromatic N) is 1. The number of esters is 1. The van der Waals surface area contributed by atoms with E-state index in [0.717, 1.165) is 22.9 Å². The van der Waals surface area contributed by atoms with Gasteiger partial charge in [0.1, 0.15) is 0 Å². The van der Waals surface area contributed by atoms with E-state index in [9.17, 15) is 4.79 Å². The summed E-state index contributed by atoms with van der Waals surface area (Å²) in [7, 11) is 0. The maximum absolute atomic E-state index is 11.5. The van der Waals surface area contributed by atoms with E-state index in [1.165, 1.54) is 5.56 Å². The zero-order chi connectivity index (χ0) is 11.1. The fraction of sp³-hybridized carbons (Fsp3) is 0.231. The van der Waals surface area contributed by atoms with Crippen molar-refractivity contribution in [1.29, 1.82) is 0 Å². The number of carbonyl (C=O) groups is 1. The molecule has 0 unspecified atom stereocenters. The second-order valence-corrected chi connectivity index (χ2v) is 4.08. The van der Waals surface area contributed by atoms with Crippen molar-refractivity contribution >= 4 is 16.9 Å². The lowest BCUT2D eigenvalue weighted by Crippen LogP contribution is -2.19. The van der Waals surface area contributed by atoms with Crippen LogP contribution in [0.3, 0.4) is 0 Å². The molecule has 0 saturated heterocycles. The smallest absolute Gasteiger partial charge is 0.357 e. The lowest BCUT2D eigenvalue weighted by atomic mass is 10.0. The summed E-state index contributed by atoms with van der Waals surface area (Å²) >= 11 is 0. The highest BCUT2D eigenvalue weighted by atomic mass is 16.5. The molecule has 3 nitrogen and oxygen atoms in total. The molecule has 1 aliphatic rings. The van der Waals surface area contributed by atoms with Crippen LogP contribution in [0.4, 0.5) is 0 Å². The van der Waals surface area contributed by atoms with E-state index in [1.807, 2.05) is 25.1 Å². The molecule has 1 aliphatic heterocycles. The molecule has 3 rings (SSSR count). The molecule has 0 aliphatic carbocycles. The van der Waals surface area contributed by atoms with Gasteiger partial charge in [-0.15, -0.1) is 0 Å². The minimum atomic E-state index is -0.302. The van der Waals surface area contributed by atoms with Crippen LogP contribution >= 0.6 is 0 Å². The summed E-state index contributed by atoms with van der Waals surface area (Å²) in [5, 5.41) is 1.09. The molecule has 0 saturated carbocycles. The number of rotatable bonds is 0. The van der Waals surface area contributed by atoms with E-state index >= 15 is 0 Å². The Hall–Kier alpha value is -1.90. The Balaban J connectivity index is 2.30. The Kier molecular flexibility index (Phi) is 1.93. The summed E-state index contributed by atoms with van der Waals surface area (Å²) in [5.41, 5.74) is 3.52. The minimum Gasteiger partial charge on any atom is -0.461 e. The first kappa shape index (κ1) is 9.33. The van der Waals surface area contributed by atoms with Crippen LogP contribution in [0.25, 0.3) is 10.9 Å². The van der Waals surface area contributed by atoms with Crippen LogP contribution in [0.2, 0.25) is 0 Å². The van der Waals surface area contributed by atoms with E-state index in [2.05, 4.69) is 11.1 Å².